The molecule has 0 aliphatic heterocycles. The molecule has 1 aromatic carbocycles. The molecule has 1 amide bonds. The third-order valence-corrected chi connectivity index (χ3v) is 1.93. The van der Waals surface area contributed by atoms with Crippen LogP contribution in [0.4, 0.5) is 5.69 Å². The minimum absolute atomic E-state index is 0.00788. The highest BCUT2D eigenvalue weighted by atomic mass is 16.2. The van der Waals surface area contributed by atoms with Crippen LogP contribution >= 0.6 is 0 Å². The highest BCUT2D eigenvalue weighted by Gasteiger charge is 2.13. The van der Waals surface area contributed by atoms with Gasteiger partial charge in [-0.3, -0.25) is 9.59 Å². The van der Waals surface area contributed by atoms with Crippen LogP contribution in [0.3, 0.4) is 0 Å². The van der Waals surface area contributed by atoms with E-state index in [-0.39, 0.29) is 18.1 Å². The first kappa shape index (κ1) is 11.4. The third kappa shape index (κ3) is 3.91. The molecule has 0 spiro atoms. The van der Waals surface area contributed by atoms with Gasteiger partial charge in [0.25, 0.3) is 0 Å². The van der Waals surface area contributed by atoms with E-state index in [4.69, 9.17) is 5.73 Å². The van der Waals surface area contributed by atoms with Crippen molar-refractivity contribution in [1.82, 2.24) is 0 Å². The molecular weight excluding hydrogens is 192 g/mol. The topological polar surface area (TPSA) is 72.2 Å². The number of nitrogens with two attached hydrogens (primary N) is 1. The molecule has 1 radical (unpaired) electrons. The fraction of sp³-hybridized carbons (Fsp3) is 0.273. The monoisotopic (exact) mass is 205 g/mol. The molecular formula is C11H13N2O2. The predicted octanol–water partition coefficient (Wildman–Crippen LogP) is 0.732. The fourth-order valence-electron chi connectivity index (χ4n) is 1.03. The minimum Gasteiger partial charge on any atom is -0.326 e. The first-order valence-corrected chi connectivity index (χ1v) is 4.61. The molecule has 79 valence electrons. The number of amides is 1. The Morgan fingerprint density at radius 3 is 2.60 bits per heavy atom. The van der Waals surface area contributed by atoms with Gasteiger partial charge in [0, 0.05) is 12.1 Å². The first-order chi connectivity index (χ1) is 7.09. The quantitative estimate of drug-likeness (QED) is 0.761. The van der Waals surface area contributed by atoms with Crippen molar-refractivity contribution >= 4 is 17.4 Å². The second kappa shape index (κ2) is 5.26. The lowest BCUT2D eigenvalue weighted by Crippen LogP contribution is -2.33. The van der Waals surface area contributed by atoms with Crippen molar-refractivity contribution in [2.24, 2.45) is 5.73 Å². The van der Waals surface area contributed by atoms with Crippen molar-refractivity contribution in [2.75, 3.05) is 5.32 Å². The van der Waals surface area contributed by atoms with Crippen molar-refractivity contribution in [1.29, 1.82) is 0 Å². The number of hydrogen-bond donors (Lipinski definition) is 2. The van der Waals surface area contributed by atoms with Gasteiger partial charge in [0.2, 0.25) is 5.91 Å². The molecule has 0 bridgehead atoms. The standard InChI is InChI=1S/C11H13N2O2/c1-8(14)10(12)7-11(15)13-9-5-3-2-4-6-9/h3-6,10H,7,12H2,1H3,(H,13,15). The third-order valence-electron chi connectivity index (χ3n) is 1.93. The van der Waals surface area contributed by atoms with Crippen LogP contribution in [0.25, 0.3) is 0 Å². The molecule has 1 unspecified atom stereocenters. The summed E-state index contributed by atoms with van der Waals surface area (Å²) in [7, 11) is 0. The van der Waals surface area contributed by atoms with Crippen molar-refractivity contribution in [3.05, 3.63) is 30.3 Å². The molecule has 0 fully saturated rings. The van der Waals surface area contributed by atoms with Gasteiger partial charge in [0.1, 0.15) is 5.78 Å². The summed E-state index contributed by atoms with van der Waals surface area (Å²) in [6.07, 6.45) is 0.00788. The summed E-state index contributed by atoms with van der Waals surface area (Å²) in [5.41, 5.74) is 6.13. The zero-order valence-electron chi connectivity index (χ0n) is 8.49. The summed E-state index contributed by atoms with van der Waals surface area (Å²) in [6, 6.07) is 8.94. The van der Waals surface area contributed by atoms with Gasteiger partial charge in [-0.25, -0.2) is 0 Å². The Morgan fingerprint density at radius 1 is 1.47 bits per heavy atom. The van der Waals surface area contributed by atoms with Gasteiger partial charge in [0.05, 0.1) is 6.04 Å². The first-order valence-electron chi connectivity index (χ1n) is 4.61. The smallest absolute Gasteiger partial charge is 0.226 e. The van der Waals surface area contributed by atoms with Gasteiger partial charge in [-0.1, -0.05) is 12.1 Å². The molecule has 1 atom stereocenters. The lowest BCUT2D eigenvalue weighted by molar-refractivity contribution is -0.122. The van der Waals surface area contributed by atoms with Crippen LogP contribution in [0.15, 0.2) is 24.3 Å². The zero-order chi connectivity index (χ0) is 11.3. The molecule has 1 aromatic rings. The average Bonchev–Trinajstić information content (AvgIpc) is 2.18. The highest BCUT2D eigenvalue weighted by Crippen LogP contribution is 2.05. The highest BCUT2D eigenvalue weighted by molar-refractivity contribution is 5.95. The molecule has 0 saturated heterocycles. The summed E-state index contributed by atoms with van der Waals surface area (Å²) >= 11 is 0. The Kier molecular flexibility index (Phi) is 4.00. The molecule has 15 heavy (non-hydrogen) atoms. The predicted molar refractivity (Wildman–Crippen MR) is 57.2 cm³/mol. The molecule has 4 heteroatoms. The Bertz CT molecular complexity index is 349. The zero-order valence-corrected chi connectivity index (χ0v) is 8.49. The van der Waals surface area contributed by atoms with Crippen molar-refractivity contribution in [3.8, 4) is 0 Å². The van der Waals surface area contributed by atoms with Crippen LogP contribution < -0.4 is 11.1 Å². The minimum atomic E-state index is -0.722. The second-order valence-electron chi connectivity index (χ2n) is 3.26. The largest absolute Gasteiger partial charge is 0.326 e. The number of rotatable bonds is 4. The number of carbonyl (C=O) groups is 2. The molecule has 0 heterocycles. The number of ketones is 1. The Labute approximate surface area is 88.5 Å². The van der Waals surface area contributed by atoms with Crippen molar-refractivity contribution < 1.29 is 9.59 Å². The SMILES string of the molecule is CC(=O)C(N)CC(=O)Nc1cc[c]cc1. The van der Waals surface area contributed by atoms with Crippen LogP contribution in [0, 0.1) is 6.07 Å². The van der Waals surface area contributed by atoms with E-state index >= 15 is 0 Å². The maximum Gasteiger partial charge on any atom is 0.226 e. The molecule has 0 aliphatic carbocycles. The molecule has 4 nitrogen and oxygen atoms in total. The Morgan fingerprint density at radius 2 is 2.07 bits per heavy atom. The normalized spacial score (nSPS) is 11.9. The molecule has 1 rings (SSSR count). The molecule has 0 saturated carbocycles. The lowest BCUT2D eigenvalue weighted by Gasteiger charge is -2.08. The van der Waals surface area contributed by atoms with E-state index < -0.39 is 6.04 Å². The summed E-state index contributed by atoms with van der Waals surface area (Å²) < 4.78 is 0. The van der Waals surface area contributed by atoms with Gasteiger partial charge in [-0.05, 0) is 25.1 Å². The van der Waals surface area contributed by atoms with Gasteiger partial charge >= 0.3 is 0 Å². The maximum absolute atomic E-state index is 11.4. The number of carbonyl (C=O) groups excluding carboxylic acids is 2. The van der Waals surface area contributed by atoms with Gasteiger partial charge < -0.3 is 11.1 Å². The maximum atomic E-state index is 11.4. The van der Waals surface area contributed by atoms with E-state index in [0.29, 0.717) is 5.69 Å². The molecule has 3 N–H and O–H groups in total. The van der Waals surface area contributed by atoms with Crippen LogP contribution in [0.2, 0.25) is 0 Å². The number of Topliss-reactive ketones (excluding diaryl/α,β-unsaturated/α-hetero) is 1. The van der Waals surface area contributed by atoms with E-state index in [9.17, 15) is 9.59 Å². The number of benzene rings is 1. The van der Waals surface area contributed by atoms with Crippen LogP contribution in [-0.2, 0) is 9.59 Å². The van der Waals surface area contributed by atoms with E-state index in [1.54, 1.807) is 24.3 Å². The fourth-order valence-corrected chi connectivity index (χ4v) is 1.03. The Balaban J connectivity index is 2.47. The van der Waals surface area contributed by atoms with E-state index in [1.165, 1.54) is 6.92 Å². The number of hydrogen-bond acceptors (Lipinski definition) is 3. The summed E-state index contributed by atoms with van der Waals surface area (Å²) in [5, 5.41) is 2.64. The summed E-state index contributed by atoms with van der Waals surface area (Å²) in [6.45, 7) is 1.37. The summed E-state index contributed by atoms with van der Waals surface area (Å²) in [4.78, 5) is 22.2. The van der Waals surface area contributed by atoms with Crippen LogP contribution in [0.1, 0.15) is 13.3 Å². The Hall–Kier alpha value is -1.68. The molecule has 0 aromatic heterocycles. The van der Waals surface area contributed by atoms with E-state index in [2.05, 4.69) is 11.4 Å². The second-order valence-corrected chi connectivity index (χ2v) is 3.26. The van der Waals surface area contributed by atoms with Gasteiger partial charge in [-0.2, -0.15) is 0 Å². The average molecular weight is 205 g/mol. The van der Waals surface area contributed by atoms with Crippen molar-refractivity contribution in [3.63, 3.8) is 0 Å². The van der Waals surface area contributed by atoms with E-state index in [1.807, 2.05) is 0 Å². The lowest BCUT2D eigenvalue weighted by atomic mass is 10.1. The number of anilines is 1. The van der Waals surface area contributed by atoms with Gasteiger partial charge in [-0.15, -0.1) is 0 Å². The molecule has 0 aliphatic rings. The van der Waals surface area contributed by atoms with Crippen molar-refractivity contribution in [2.45, 2.75) is 19.4 Å². The van der Waals surface area contributed by atoms with Crippen LogP contribution in [0.5, 0.6) is 0 Å². The number of nitrogens with one attached hydrogen (secondary N) is 1. The summed E-state index contributed by atoms with van der Waals surface area (Å²) in [5.74, 6) is -0.449. The van der Waals surface area contributed by atoms with E-state index in [0.717, 1.165) is 0 Å². The van der Waals surface area contributed by atoms with Gasteiger partial charge in [0.15, 0.2) is 0 Å². The van der Waals surface area contributed by atoms with Crippen LogP contribution in [-0.4, -0.2) is 17.7 Å².